The van der Waals surface area contributed by atoms with Crippen molar-refractivity contribution in [2.45, 2.75) is 19.4 Å². The predicted molar refractivity (Wildman–Crippen MR) is 83.1 cm³/mol. The first-order valence-corrected chi connectivity index (χ1v) is 7.33. The zero-order valence-corrected chi connectivity index (χ0v) is 12.8. The predicted octanol–water partition coefficient (Wildman–Crippen LogP) is 1.72. The van der Waals surface area contributed by atoms with Crippen molar-refractivity contribution in [2.24, 2.45) is 7.05 Å². The number of aromatic nitrogens is 4. The topological polar surface area (TPSA) is 85.8 Å². The van der Waals surface area contributed by atoms with Crippen LogP contribution >= 0.6 is 0 Å². The molecule has 0 unspecified atom stereocenters. The lowest BCUT2D eigenvalue weighted by Crippen LogP contribution is -2.23. The first-order valence-electron chi connectivity index (χ1n) is 7.33. The molecule has 0 radical (unpaired) electrons. The number of benzene rings is 1. The van der Waals surface area contributed by atoms with Gasteiger partial charge >= 0.3 is 0 Å². The Morgan fingerprint density at radius 1 is 1.30 bits per heavy atom. The molecule has 0 fully saturated rings. The number of nitrogens with zero attached hydrogens (tertiary/aromatic N) is 4. The van der Waals surface area contributed by atoms with Gasteiger partial charge in [0.25, 0.3) is 0 Å². The summed E-state index contributed by atoms with van der Waals surface area (Å²) in [6, 6.07) is 11.6. The molecule has 2 heterocycles. The minimum absolute atomic E-state index is 0.0642. The lowest BCUT2D eigenvalue weighted by molar-refractivity contribution is -0.121. The third-order valence-electron chi connectivity index (χ3n) is 3.47. The van der Waals surface area contributed by atoms with Crippen molar-refractivity contribution in [1.82, 2.24) is 25.2 Å². The molecule has 0 spiro atoms. The third kappa shape index (κ3) is 3.82. The van der Waals surface area contributed by atoms with Crippen molar-refractivity contribution in [3.63, 3.8) is 0 Å². The summed E-state index contributed by atoms with van der Waals surface area (Å²) in [5, 5.41) is 14.6. The quantitative estimate of drug-likeness (QED) is 0.749. The summed E-state index contributed by atoms with van der Waals surface area (Å²) in [5.74, 6) is 1.34. The molecule has 1 N–H and O–H groups in total. The molecule has 118 valence electrons. The highest BCUT2D eigenvalue weighted by atomic mass is 16.5. The SMILES string of the molecule is Cn1cnnc1CCC(=O)NCc1cc(-c2ccccc2)no1. The zero-order chi connectivity index (χ0) is 16.1. The Hall–Kier alpha value is -2.96. The van der Waals surface area contributed by atoms with Gasteiger partial charge in [-0.25, -0.2) is 0 Å². The fraction of sp³-hybridized carbons (Fsp3) is 0.250. The lowest BCUT2D eigenvalue weighted by atomic mass is 10.1. The van der Waals surface area contributed by atoms with Crippen molar-refractivity contribution in [2.75, 3.05) is 0 Å². The van der Waals surface area contributed by atoms with E-state index in [2.05, 4.69) is 20.7 Å². The van der Waals surface area contributed by atoms with Crippen molar-refractivity contribution < 1.29 is 9.32 Å². The van der Waals surface area contributed by atoms with E-state index in [4.69, 9.17) is 4.52 Å². The molecule has 3 rings (SSSR count). The number of carbonyl (C=O) groups excluding carboxylic acids is 1. The van der Waals surface area contributed by atoms with Crippen LogP contribution in [0.25, 0.3) is 11.3 Å². The number of amides is 1. The van der Waals surface area contributed by atoms with Gasteiger partial charge in [-0.3, -0.25) is 4.79 Å². The summed E-state index contributed by atoms with van der Waals surface area (Å²) in [6.07, 6.45) is 2.52. The Kier molecular flexibility index (Phi) is 4.46. The van der Waals surface area contributed by atoms with Gasteiger partial charge in [-0.1, -0.05) is 35.5 Å². The molecule has 0 aliphatic carbocycles. The van der Waals surface area contributed by atoms with Crippen LogP contribution < -0.4 is 5.32 Å². The second kappa shape index (κ2) is 6.87. The van der Waals surface area contributed by atoms with E-state index in [1.807, 2.05) is 43.4 Å². The molecule has 0 saturated carbocycles. The van der Waals surface area contributed by atoms with Gasteiger partial charge in [0.2, 0.25) is 5.91 Å². The van der Waals surface area contributed by atoms with Gasteiger partial charge in [-0.05, 0) is 0 Å². The second-order valence-corrected chi connectivity index (χ2v) is 5.18. The molecule has 3 aromatic rings. The van der Waals surface area contributed by atoms with E-state index in [9.17, 15) is 4.79 Å². The van der Waals surface area contributed by atoms with E-state index in [0.717, 1.165) is 17.1 Å². The average Bonchev–Trinajstić information content (AvgIpc) is 3.21. The van der Waals surface area contributed by atoms with Crippen LogP contribution in [0.1, 0.15) is 18.0 Å². The van der Waals surface area contributed by atoms with E-state index in [1.54, 1.807) is 10.9 Å². The van der Waals surface area contributed by atoms with Crippen molar-refractivity contribution in [3.05, 3.63) is 54.3 Å². The summed E-state index contributed by atoms with van der Waals surface area (Å²) >= 11 is 0. The van der Waals surface area contributed by atoms with Gasteiger partial charge in [0.1, 0.15) is 17.8 Å². The number of nitrogens with one attached hydrogen (secondary N) is 1. The van der Waals surface area contributed by atoms with Crippen LogP contribution in [0.4, 0.5) is 0 Å². The first kappa shape index (κ1) is 15.0. The fourth-order valence-corrected chi connectivity index (χ4v) is 2.17. The standard InChI is InChI=1S/C16H17N5O2/c1-21-11-18-19-15(21)7-8-16(22)17-10-13-9-14(20-23-13)12-5-3-2-4-6-12/h2-6,9,11H,7-8,10H2,1H3,(H,17,22). The maximum Gasteiger partial charge on any atom is 0.220 e. The van der Waals surface area contributed by atoms with Gasteiger partial charge in [0.05, 0.1) is 6.54 Å². The normalized spacial score (nSPS) is 10.7. The molecule has 0 atom stereocenters. The number of hydrogen-bond acceptors (Lipinski definition) is 5. The van der Waals surface area contributed by atoms with E-state index >= 15 is 0 Å². The van der Waals surface area contributed by atoms with Crippen LogP contribution in [0.3, 0.4) is 0 Å². The fourth-order valence-electron chi connectivity index (χ4n) is 2.17. The molecule has 23 heavy (non-hydrogen) atoms. The van der Waals surface area contributed by atoms with Crippen LogP contribution in [0.5, 0.6) is 0 Å². The molecule has 0 aliphatic rings. The van der Waals surface area contributed by atoms with Crippen molar-refractivity contribution in [1.29, 1.82) is 0 Å². The zero-order valence-electron chi connectivity index (χ0n) is 12.8. The third-order valence-corrected chi connectivity index (χ3v) is 3.47. The number of aryl methyl sites for hydroxylation is 2. The summed E-state index contributed by atoms with van der Waals surface area (Å²) in [6.45, 7) is 0.317. The molecule has 1 aromatic carbocycles. The minimum atomic E-state index is -0.0642. The number of rotatable bonds is 6. The van der Waals surface area contributed by atoms with Crippen LogP contribution in [-0.2, 0) is 24.8 Å². The molecule has 0 aliphatic heterocycles. The highest BCUT2D eigenvalue weighted by Crippen LogP contribution is 2.18. The second-order valence-electron chi connectivity index (χ2n) is 5.18. The van der Waals surface area contributed by atoms with Crippen LogP contribution in [0.2, 0.25) is 0 Å². The van der Waals surface area contributed by atoms with Crippen LogP contribution in [0.15, 0.2) is 47.2 Å². The molecule has 0 saturated heterocycles. The van der Waals surface area contributed by atoms with E-state index < -0.39 is 0 Å². The van der Waals surface area contributed by atoms with E-state index in [0.29, 0.717) is 25.1 Å². The van der Waals surface area contributed by atoms with Crippen LogP contribution in [-0.4, -0.2) is 25.8 Å². The first-order chi connectivity index (χ1) is 11.2. The van der Waals surface area contributed by atoms with Crippen molar-refractivity contribution >= 4 is 5.91 Å². The smallest absolute Gasteiger partial charge is 0.220 e. The Morgan fingerprint density at radius 3 is 2.87 bits per heavy atom. The molecule has 1 amide bonds. The van der Waals surface area contributed by atoms with E-state index in [-0.39, 0.29) is 5.91 Å². The summed E-state index contributed by atoms with van der Waals surface area (Å²) < 4.78 is 7.05. The maximum absolute atomic E-state index is 11.9. The van der Waals surface area contributed by atoms with Crippen LogP contribution in [0, 0.1) is 0 Å². The van der Waals surface area contributed by atoms with Gasteiger partial charge in [0, 0.05) is 31.5 Å². The van der Waals surface area contributed by atoms with Gasteiger partial charge in [0.15, 0.2) is 5.76 Å². The monoisotopic (exact) mass is 311 g/mol. The summed E-state index contributed by atoms with van der Waals surface area (Å²) in [7, 11) is 1.85. The number of hydrogen-bond donors (Lipinski definition) is 1. The largest absolute Gasteiger partial charge is 0.359 e. The van der Waals surface area contributed by atoms with Gasteiger partial charge in [-0.15, -0.1) is 10.2 Å². The van der Waals surface area contributed by atoms with Gasteiger partial charge in [-0.2, -0.15) is 0 Å². The summed E-state index contributed by atoms with van der Waals surface area (Å²) in [5.41, 5.74) is 1.74. The Morgan fingerprint density at radius 2 is 2.13 bits per heavy atom. The van der Waals surface area contributed by atoms with Crippen molar-refractivity contribution in [3.8, 4) is 11.3 Å². The molecule has 7 heteroatoms. The highest BCUT2D eigenvalue weighted by Gasteiger charge is 2.09. The van der Waals surface area contributed by atoms with E-state index in [1.165, 1.54) is 0 Å². The summed E-state index contributed by atoms with van der Waals surface area (Å²) in [4.78, 5) is 11.9. The minimum Gasteiger partial charge on any atom is -0.359 e. The maximum atomic E-state index is 11.9. The Bertz CT molecular complexity index is 779. The molecular formula is C16H17N5O2. The molecule has 0 bridgehead atoms. The lowest BCUT2D eigenvalue weighted by Gasteiger charge is -2.02. The Balaban J connectivity index is 1.50. The highest BCUT2D eigenvalue weighted by molar-refractivity contribution is 5.76. The number of carbonyl (C=O) groups is 1. The average molecular weight is 311 g/mol. The molecule has 7 nitrogen and oxygen atoms in total. The Labute approximate surface area is 133 Å². The molecular weight excluding hydrogens is 294 g/mol. The molecule has 2 aromatic heterocycles. The van der Waals surface area contributed by atoms with Gasteiger partial charge < -0.3 is 14.4 Å².